The lowest BCUT2D eigenvalue weighted by Crippen LogP contribution is -2.48. The van der Waals surface area contributed by atoms with Crippen molar-refractivity contribution in [2.45, 2.75) is 71.4 Å². The first kappa shape index (κ1) is 21.0. The third-order valence-corrected chi connectivity index (χ3v) is 6.55. The maximum absolute atomic E-state index is 6.24. The van der Waals surface area contributed by atoms with E-state index in [2.05, 4.69) is 6.92 Å². The van der Waals surface area contributed by atoms with Crippen molar-refractivity contribution in [3.8, 4) is 0 Å². The minimum Gasteiger partial charge on any atom is -0.374 e. The van der Waals surface area contributed by atoms with E-state index < -0.39 is 8.80 Å². The van der Waals surface area contributed by atoms with E-state index >= 15 is 0 Å². The zero-order valence-corrected chi connectivity index (χ0v) is 15.2. The molecule has 128 valence electrons. The highest BCUT2D eigenvalue weighted by Gasteiger charge is 2.41. The summed E-state index contributed by atoms with van der Waals surface area (Å²) in [5.74, 6) is 0. The molecule has 0 heterocycles. The van der Waals surface area contributed by atoms with E-state index in [1.165, 1.54) is 19.3 Å². The lowest BCUT2D eigenvalue weighted by molar-refractivity contribution is 0.0345. The third-order valence-electron chi connectivity index (χ3n) is 3.36. The predicted octanol–water partition coefficient (Wildman–Crippen LogP) is 2.66. The van der Waals surface area contributed by atoms with Gasteiger partial charge in [-0.25, -0.2) is 0 Å². The van der Waals surface area contributed by atoms with E-state index in [0.717, 1.165) is 31.9 Å². The van der Waals surface area contributed by atoms with Crippen molar-refractivity contribution in [1.29, 1.82) is 0 Å². The monoisotopic (exact) mass is 320 g/mol. The molecule has 1 atom stereocenters. The van der Waals surface area contributed by atoms with E-state index in [0.29, 0.717) is 19.8 Å². The minimum atomic E-state index is -2.55. The summed E-state index contributed by atoms with van der Waals surface area (Å²) in [6.45, 7) is 8.78. The molecule has 0 saturated carbocycles. The van der Waals surface area contributed by atoms with Crippen molar-refractivity contribution in [3.05, 3.63) is 0 Å². The topological polar surface area (TPSA) is 79.7 Å². The predicted molar refractivity (Wildman–Crippen MR) is 90.2 cm³/mol. The van der Waals surface area contributed by atoms with Gasteiger partial charge in [0.1, 0.15) is 0 Å². The normalized spacial score (nSPS) is 13.6. The van der Waals surface area contributed by atoms with Crippen LogP contribution < -0.4 is 11.5 Å². The van der Waals surface area contributed by atoms with Gasteiger partial charge in [-0.1, -0.05) is 19.3 Å². The molecule has 1 unspecified atom stereocenters. The largest absolute Gasteiger partial charge is 0.501 e. The number of hydrogen-bond donors (Lipinski definition) is 2. The zero-order chi connectivity index (χ0) is 16.0. The maximum atomic E-state index is 6.24. The van der Waals surface area contributed by atoms with Crippen molar-refractivity contribution in [3.63, 3.8) is 0 Å². The fraction of sp³-hybridized carbons (Fsp3) is 1.00. The molecule has 5 nitrogen and oxygen atoms in total. The molecule has 0 rings (SSSR count). The Labute approximate surface area is 132 Å². The van der Waals surface area contributed by atoms with Crippen molar-refractivity contribution in [2.24, 2.45) is 11.5 Å². The zero-order valence-electron chi connectivity index (χ0n) is 14.2. The van der Waals surface area contributed by atoms with E-state index in [4.69, 9.17) is 24.7 Å². The Balaban J connectivity index is 4.27. The summed E-state index contributed by atoms with van der Waals surface area (Å²) in [5, 5.41) is 0. The highest BCUT2D eigenvalue weighted by atomic mass is 28.4. The van der Waals surface area contributed by atoms with Gasteiger partial charge in [0.25, 0.3) is 0 Å². The Bertz CT molecular complexity index is 227. The second-order valence-corrected chi connectivity index (χ2v) is 8.04. The van der Waals surface area contributed by atoms with Crippen LogP contribution in [0.2, 0.25) is 6.04 Å². The number of hydrogen-bond acceptors (Lipinski definition) is 5. The molecule has 0 aromatic heterocycles. The van der Waals surface area contributed by atoms with Crippen LogP contribution in [0.25, 0.3) is 0 Å². The Morgan fingerprint density at radius 3 is 1.95 bits per heavy atom. The van der Waals surface area contributed by atoms with Gasteiger partial charge in [0, 0.05) is 25.4 Å². The van der Waals surface area contributed by atoms with Crippen LogP contribution in [-0.4, -0.2) is 41.2 Å². The second-order valence-electron chi connectivity index (χ2n) is 5.36. The maximum Gasteiger partial charge on any atom is 0.501 e. The van der Waals surface area contributed by atoms with Crippen molar-refractivity contribution >= 4 is 8.80 Å². The first-order valence-corrected chi connectivity index (χ1v) is 10.4. The van der Waals surface area contributed by atoms with Crippen molar-refractivity contribution in [2.75, 3.05) is 26.3 Å². The summed E-state index contributed by atoms with van der Waals surface area (Å²) in [7, 11) is -2.55. The molecule has 21 heavy (non-hydrogen) atoms. The molecule has 0 aliphatic carbocycles. The number of rotatable bonds is 15. The molecule has 6 heteroatoms. The second kappa shape index (κ2) is 13.7. The lowest BCUT2D eigenvalue weighted by Gasteiger charge is -2.31. The van der Waals surface area contributed by atoms with Gasteiger partial charge in [-0.05, 0) is 53.1 Å². The average Bonchev–Trinajstić information content (AvgIpc) is 2.45. The molecular weight excluding hydrogens is 284 g/mol. The molecule has 0 aliphatic heterocycles. The van der Waals surface area contributed by atoms with Gasteiger partial charge in [-0.2, -0.15) is 0 Å². The summed E-state index contributed by atoms with van der Waals surface area (Å²) >= 11 is 0. The molecule has 0 radical (unpaired) electrons. The molecule has 0 aliphatic rings. The Kier molecular flexibility index (Phi) is 13.7. The van der Waals surface area contributed by atoms with Gasteiger partial charge in [0.2, 0.25) is 0 Å². The smallest absolute Gasteiger partial charge is 0.374 e. The lowest BCUT2D eigenvalue weighted by atomic mass is 10.1. The standard InChI is InChI=1S/C15H36N2O3Si/c1-4-18-21(19-5-2,14-10-13-17)20-15(3)11-8-6-7-9-12-16/h15H,4-14,16-17H2,1-3H3. The fourth-order valence-corrected chi connectivity index (χ4v) is 5.24. The quantitative estimate of drug-likeness (QED) is 0.358. The number of unbranched alkanes of at least 4 members (excludes halogenated alkanes) is 3. The minimum absolute atomic E-state index is 0.172. The first-order chi connectivity index (χ1) is 10.1. The van der Waals surface area contributed by atoms with Gasteiger partial charge in [-0.3, -0.25) is 0 Å². The Hall–Kier alpha value is 0.0169. The van der Waals surface area contributed by atoms with Crippen LogP contribution in [0.3, 0.4) is 0 Å². The molecule has 0 aromatic rings. The first-order valence-electron chi connectivity index (χ1n) is 8.50. The van der Waals surface area contributed by atoms with E-state index in [-0.39, 0.29) is 6.10 Å². The average molecular weight is 321 g/mol. The molecule has 0 aromatic carbocycles. The van der Waals surface area contributed by atoms with Gasteiger partial charge in [-0.15, -0.1) is 0 Å². The van der Waals surface area contributed by atoms with E-state index in [1.54, 1.807) is 0 Å². The highest BCUT2D eigenvalue weighted by Crippen LogP contribution is 2.22. The van der Waals surface area contributed by atoms with Crippen molar-refractivity contribution < 1.29 is 13.3 Å². The summed E-state index contributed by atoms with van der Waals surface area (Å²) in [5.41, 5.74) is 11.1. The summed E-state index contributed by atoms with van der Waals surface area (Å²) in [4.78, 5) is 0. The third kappa shape index (κ3) is 10.4. The fourth-order valence-electron chi connectivity index (χ4n) is 2.37. The Morgan fingerprint density at radius 2 is 1.43 bits per heavy atom. The summed E-state index contributed by atoms with van der Waals surface area (Å²) < 4.78 is 18.1. The van der Waals surface area contributed by atoms with E-state index in [1.807, 2.05) is 13.8 Å². The van der Waals surface area contributed by atoms with Crippen LogP contribution in [0.1, 0.15) is 59.3 Å². The van der Waals surface area contributed by atoms with Gasteiger partial charge >= 0.3 is 8.80 Å². The number of nitrogens with two attached hydrogens (primary N) is 2. The van der Waals surface area contributed by atoms with Gasteiger partial charge in [0.05, 0.1) is 0 Å². The summed E-state index contributed by atoms with van der Waals surface area (Å²) in [6.07, 6.45) is 6.80. The molecule has 0 bridgehead atoms. The van der Waals surface area contributed by atoms with Crippen LogP contribution in [0, 0.1) is 0 Å². The van der Waals surface area contributed by atoms with Gasteiger partial charge < -0.3 is 24.7 Å². The molecule has 0 fully saturated rings. The summed E-state index contributed by atoms with van der Waals surface area (Å²) in [6, 6.07) is 0.808. The van der Waals surface area contributed by atoms with Crippen LogP contribution in [0.15, 0.2) is 0 Å². The van der Waals surface area contributed by atoms with Crippen LogP contribution in [0.5, 0.6) is 0 Å². The molecule has 4 N–H and O–H groups in total. The SMILES string of the molecule is CCO[Si](CCCN)(OCC)OC(C)CCCCCCN. The van der Waals surface area contributed by atoms with Crippen molar-refractivity contribution in [1.82, 2.24) is 0 Å². The molecule has 0 saturated heterocycles. The Morgan fingerprint density at radius 1 is 0.857 bits per heavy atom. The van der Waals surface area contributed by atoms with Crippen LogP contribution in [-0.2, 0) is 13.3 Å². The van der Waals surface area contributed by atoms with Crippen LogP contribution in [0.4, 0.5) is 0 Å². The molecular formula is C15H36N2O3Si. The molecule has 0 amide bonds. The van der Waals surface area contributed by atoms with Gasteiger partial charge in [0.15, 0.2) is 0 Å². The molecule has 0 spiro atoms. The van der Waals surface area contributed by atoms with E-state index in [9.17, 15) is 0 Å². The van der Waals surface area contributed by atoms with Crippen LogP contribution >= 0.6 is 0 Å². The highest BCUT2D eigenvalue weighted by molar-refractivity contribution is 6.60.